The third-order valence-electron chi connectivity index (χ3n) is 7.86. The van der Waals surface area contributed by atoms with E-state index in [1.807, 2.05) is 67.3 Å². The number of ketones is 1. The van der Waals surface area contributed by atoms with Gasteiger partial charge in [0.25, 0.3) is 5.91 Å². The van der Waals surface area contributed by atoms with Crippen molar-refractivity contribution in [3.05, 3.63) is 78.0 Å². The first kappa shape index (κ1) is 33.7. The van der Waals surface area contributed by atoms with Crippen molar-refractivity contribution in [2.24, 2.45) is 23.5 Å². The number of hydrogen-bond acceptors (Lipinski definition) is 8. The fourth-order valence-electron chi connectivity index (χ4n) is 5.74. The third-order valence-corrected chi connectivity index (χ3v) is 7.86. The summed E-state index contributed by atoms with van der Waals surface area (Å²) in [7, 11) is 0. The Balaban J connectivity index is 1.45. The Morgan fingerprint density at radius 1 is 0.978 bits per heavy atom. The number of fused-ring (bicyclic) bond motifs is 1. The molecular weight excluding hydrogens is 570 g/mol. The number of nitrogens with one attached hydrogen (secondary N) is 1. The van der Waals surface area contributed by atoms with Gasteiger partial charge in [-0.25, -0.2) is 9.78 Å². The highest BCUT2D eigenvalue weighted by Crippen LogP contribution is 2.20. The minimum absolute atomic E-state index is 0.0700. The fourth-order valence-corrected chi connectivity index (χ4v) is 5.74. The van der Waals surface area contributed by atoms with Crippen LogP contribution in [0.4, 0.5) is 4.79 Å². The van der Waals surface area contributed by atoms with E-state index in [2.05, 4.69) is 24.1 Å². The number of rotatable bonds is 13. The van der Waals surface area contributed by atoms with Gasteiger partial charge >= 0.3 is 6.09 Å². The molecule has 0 saturated carbocycles. The van der Waals surface area contributed by atoms with Crippen molar-refractivity contribution in [1.29, 1.82) is 0 Å². The van der Waals surface area contributed by atoms with Gasteiger partial charge in [-0.2, -0.15) is 0 Å². The van der Waals surface area contributed by atoms with Gasteiger partial charge in [0.2, 0.25) is 5.91 Å². The van der Waals surface area contributed by atoms with Crippen LogP contribution in [0.5, 0.6) is 0 Å². The lowest BCUT2D eigenvalue weighted by Crippen LogP contribution is -2.50. The monoisotopic (exact) mass is 615 g/mol. The summed E-state index contributed by atoms with van der Waals surface area (Å²) in [6, 6.07) is 19.1. The molecule has 4 rings (SSSR count). The van der Waals surface area contributed by atoms with E-state index in [0.29, 0.717) is 37.4 Å². The van der Waals surface area contributed by atoms with Gasteiger partial charge < -0.3 is 15.8 Å². The second kappa shape index (κ2) is 15.7. The van der Waals surface area contributed by atoms with Crippen LogP contribution in [0.15, 0.2) is 66.7 Å². The highest BCUT2D eigenvalue weighted by Gasteiger charge is 2.38. The van der Waals surface area contributed by atoms with Crippen molar-refractivity contribution in [1.82, 2.24) is 20.1 Å². The summed E-state index contributed by atoms with van der Waals surface area (Å²) >= 11 is 0. The highest BCUT2D eigenvalue weighted by molar-refractivity contribution is 6.06. The first-order chi connectivity index (χ1) is 21.5. The summed E-state index contributed by atoms with van der Waals surface area (Å²) in [5.41, 5.74) is 7.92. The van der Waals surface area contributed by atoms with Crippen molar-refractivity contribution in [2.75, 3.05) is 26.2 Å². The number of amides is 3. The summed E-state index contributed by atoms with van der Waals surface area (Å²) < 4.78 is 5.44. The molecule has 0 spiro atoms. The zero-order chi connectivity index (χ0) is 32.5. The number of aromatic nitrogens is 1. The zero-order valence-electron chi connectivity index (χ0n) is 26.6. The molecule has 0 bridgehead atoms. The number of Topliss-reactive ketones (excluding diaryl/α,β-unsaturated/α-hetero) is 1. The maximum absolute atomic E-state index is 13.8. The molecule has 1 saturated heterocycles. The molecule has 3 aromatic rings. The Kier molecular flexibility index (Phi) is 11.8. The molecule has 1 aromatic heterocycles. The molecule has 2 aromatic carbocycles. The van der Waals surface area contributed by atoms with Crippen LogP contribution < -0.4 is 11.1 Å². The van der Waals surface area contributed by atoms with E-state index in [9.17, 15) is 19.2 Å². The molecule has 0 aliphatic carbocycles. The fraction of sp³-hybridized carbons (Fsp3) is 0.457. The average molecular weight is 616 g/mol. The van der Waals surface area contributed by atoms with E-state index in [1.54, 1.807) is 18.2 Å². The van der Waals surface area contributed by atoms with Gasteiger partial charge in [-0.15, -0.1) is 0 Å². The number of alkyl carbamates (subject to hydrolysis) is 1. The van der Waals surface area contributed by atoms with Crippen LogP contribution in [-0.4, -0.2) is 76.7 Å². The number of imide groups is 1. The molecule has 10 nitrogen and oxygen atoms in total. The van der Waals surface area contributed by atoms with Crippen LogP contribution in [0.3, 0.4) is 0 Å². The molecule has 3 N–H and O–H groups in total. The molecule has 10 heteroatoms. The zero-order valence-corrected chi connectivity index (χ0v) is 26.6. The maximum atomic E-state index is 13.8. The normalized spacial score (nSPS) is 16.6. The average Bonchev–Trinajstić information content (AvgIpc) is 3.35. The summed E-state index contributed by atoms with van der Waals surface area (Å²) in [6.07, 6.45) is 0.578. The van der Waals surface area contributed by atoms with E-state index < -0.39 is 29.9 Å². The topological polar surface area (TPSA) is 135 Å². The maximum Gasteiger partial charge on any atom is 0.407 e. The number of benzene rings is 2. The number of para-hydroxylation sites is 1. The van der Waals surface area contributed by atoms with Crippen LogP contribution in [-0.2, 0) is 20.9 Å². The lowest BCUT2D eigenvalue weighted by molar-refractivity contribution is -0.131. The molecule has 1 aliphatic heterocycles. The lowest BCUT2D eigenvalue weighted by atomic mass is 10.0. The van der Waals surface area contributed by atoms with Gasteiger partial charge in [-0.3, -0.25) is 24.2 Å². The molecule has 240 valence electrons. The van der Waals surface area contributed by atoms with Crippen LogP contribution in [0.1, 0.15) is 56.6 Å². The van der Waals surface area contributed by atoms with Crippen molar-refractivity contribution in [2.45, 2.75) is 59.2 Å². The van der Waals surface area contributed by atoms with Crippen molar-refractivity contribution in [3.63, 3.8) is 0 Å². The molecule has 0 radical (unpaired) electrons. The van der Waals surface area contributed by atoms with Crippen LogP contribution in [0.2, 0.25) is 0 Å². The summed E-state index contributed by atoms with van der Waals surface area (Å²) in [5, 5.41) is 3.84. The van der Waals surface area contributed by atoms with E-state index >= 15 is 0 Å². The van der Waals surface area contributed by atoms with Crippen LogP contribution >= 0.6 is 0 Å². The smallest absolute Gasteiger partial charge is 0.407 e. The number of hydrogen-bond donors (Lipinski definition) is 2. The number of pyridine rings is 1. The molecule has 3 amide bonds. The first-order valence-corrected chi connectivity index (χ1v) is 15.7. The number of nitrogens with two attached hydrogens (primary N) is 1. The molecule has 2 heterocycles. The molecular formula is C35H45N5O5. The molecule has 1 unspecified atom stereocenters. The van der Waals surface area contributed by atoms with E-state index in [4.69, 9.17) is 10.5 Å². The molecule has 45 heavy (non-hydrogen) atoms. The Morgan fingerprint density at radius 2 is 1.67 bits per heavy atom. The SMILES string of the molecule is CC(C)C[C@@H](CN1CC(=O)C(CN(C(=O)c2ccc3ccccc3n2)C(=O)[C@@H](N)CC(C)C)C1)NC(=O)OCc1ccccc1. The Morgan fingerprint density at radius 3 is 2.38 bits per heavy atom. The van der Waals surface area contributed by atoms with Gasteiger partial charge in [0.15, 0.2) is 5.78 Å². The van der Waals surface area contributed by atoms with Crippen molar-refractivity contribution < 1.29 is 23.9 Å². The number of carbonyl (C=O) groups excluding carboxylic acids is 4. The van der Waals surface area contributed by atoms with Gasteiger partial charge in [0.1, 0.15) is 12.3 Å². The van der Waals surface area contributed by atoms with E-state index in [-0.39, 0.29) is 43.1 Å². The van der Waals surface area contributed by atoms with Crippen LogP contribution in [0.25, 0.3) is 10.9 Å². The predicted octanol–water partition coefficient (Wildman–Crippen LogP) is 4.42. The van der Waals surface area contributed by atoms with E-state index in [1.165, 1.54) is 0 Å². The van der Waals surface area contributed by atoms with Gasteiger partial charge in [0.05, 0.1) is 18.1 Å². The second-order valence-corrected chi connectivity index (χ2v) is 12.8. The first-order valence-electron chi connectivity index (χ1n) is 15.7. The Bertz CT molecular complexity index is 1480. The van der Waals surface area contributed by atoms with E-state index in [0.717, 1.165) is 15.8 Å². The summed E-state index contributed by atoms with van der Waals surface area (Å²) in [5.74, 6) is -1.31. The Labute approximate surface area is 265 Å². The summed E-state index contributed by atoms with van der Waals surface area (Å²) in [4.78, 5) is 60.9. The van der Waals surface area contributed by atoms with Gasteiger partial charge in [0, 0.05) is 37.0 Å². The van der Waals surface area contributed by atoms with Crippen LogP contribution in [0, 0.1) is 17.8 Å². The quantitative estimate of drug-likeness (QED) is 0.289. The standard InChI is InChI=1S/C35H45N5O5/c1-23(2)16-28(37-35(44)45-22-25-10-6-5-7-11-25)20-39-18-27(32(41)21-39)19-40(33(42)29(36)17-24(3)4)34(43)31-15-14-26-12-8-9-13-30(26)38-31/h5-15,23-24,27-29H,16-22,36H2,1-4H3,(H,37,44)/t27?,28-,29-/m0/s1. The highest BCUT2D eigenvalue weighted by atomic mass is 16.5. The molecule has 1 aliphatic rings. The number of nitrogens with zero attached hydrogens (tertiary/aromatic N) is 3. The third kappa shape index (κ3) is 9.67. The van der Waals surface area contributed by atoms with Crippen molar-refractivity contribution >= 4 is 34.6 Å². The van der Waals surface area contributed by atoms with Gasteiger partial charge in [-0.1, -0.05) is 82.3 Å². The minimum Gasteiger partial charge on any atom is -0.445 e. The number of carbonyl (C=O) groups is 4. The number of ether oxygens (including phenoxy) is 1. The Hall–Kier alpha value is -4.15. The number of likely N-dealkylation sites (tertiary alicyclic amines) is 1. The lowest BCUT2D eigenvalue weighted by Gasteiger charge is -2.28. The minimum atomic E-state index is -0.886. The summed E-state index contributed by atoms with van der Waals surface area (Å²) in [6.45, 7) is 9.06. The second-order valence-electron chi connectivity index (χ2n) is 12.8. The van der Waals surface area contributed by atoms with Crippen molar-refractivity contribution in [3.8, 4) is 0 Å². The molecule has 3 atom stereocenters. The largest absolute Gasteiger partial charge is 0.445 e. The molecule has 1 fully saturated rings. The van der Waals surface area contributed by atoms with Gasteiger partial charge in [-0.05, 0) is 42.4 Å². The predicted molar refractivity (Wildman–Crippen MR) is 173 cm³/mol.